The van der Waals surface area contributed by atoms with Crippen LogP contribution in [0.3, 0.4) is 0 Å². The largest absolute Gasteiger partial charge is 0.481 e. The lowest BCUT2D eigenvalue weighted by molar-refractivity contribution is -0.148. The van der Waals surface area contributed by atoms with Crippen LogP contribution in [-0.2, 0) is 11.3 Å². The number of rotatable bonds is 3. The molecule has 1 saturated heterocycles. The average molecular weight is 320 g/mol. The first-order chi connectivity index (χ1) is 11.0. The van der Waals surface area contributed by atoms with Gasteiger partial charge >= 0.3 is 5.97 Å². The second kappa shape index (κ2) is 6.10. The topological polar surface area (TPSA) is 93.6 Å². The molecule has 1 fully saturated rings. The van der Waals surface area contributed by atoms with E-state index in [0.717, 1.165) is 0 Å². The number of aromatic nitrogens is 1. The van der Waals surface area contributed by atoms with E-state index in [2.05, 4.69) is 4.98 Å². The van der Waals surface area contributed by atoms with E-state index in [9.17, 15) is 19.1 Å². The van der Waals surface area contributed by atoms with Crippen molar-refractivity contribution in [2.24, 2.45) is 5.92 Å². The Bertz CT molecular complexity index is 804. The fourth-order valence-corrected chi connectivity index (χ4v) is 3.04. The number of halogens is 1. The molecule has 2 aromatic rings. The Morgan fingerprint density at radius 2 is 2.22 bits per heavy atom. The number of likely N-dealkylation sites (tertiary alicyclic amines) is 1. The highest BCUT2D eigenvalue weighted by atomic mass is 19.1. The Labute approximate surface area is 131 Å². The lowest BCUT2D eigenvalue weighted by Crippen LogP contribution is -2.46. The predicted molar refractivity (Wildman–Crippen MR) is 81.6 cm³/mol. The number of benzene rings is 1. The van der Waals surface area contributed by atoms with Gasteiger partial charge in [-0.15, -0.1) is 0 Å². The highest BCUT2D eigenvalue weighted by Gasteiger charge is 2.32. The standard InChI is InChI=1S/C16H17FN2O4/c17-12-3-1-2-10-13(20)6-9(18-15(10)12)7-19-5-4-11(16(22)23)14(21)8-19/h1-3,6,11,14,21H,4-5,7-8H2,(H,18,20)(H,22,23)/t11-,14+/m0/s1. The molecule has 1 aliphatic heterocycles. The van der Waals surface area contributed by atoms with Crippen molar-refractivity contribution in [1.82, 2.24) is 9.88 Å². The first-order valence-electron chi connectivity index (χ1n) is 7.39. The van der Waals surface area contributed by atoms with Gasteiger partial charge in [0.05, 0.1) is 17.5 Å². The summed E-state index contributed by atoms with van der Waals surface area (Å²) in [6.45, 7) is 1.02. The second-order valence-corrected chi connectivity index (χ2v) is 5.86. The maximum Gasteiger partial charge on any atom is 0.309 e. The number of β-amino-alcohol motifs (C(OH)–C–C–N with tert-alkyl or cyclic N) is 1. The van der Waals surface area contributed by atoms with Gasteiger partial charge in [0.2, 0.25) is 0 Å². The SMILES string of the molecule is O=C(O)[C@H]1CCN(Cc2cc(=O)c3cccc(F)c3[nH]2)C[C@H]1O. The number of fused-ring (bicyclic) bond motifs is 1. The molecule has 1 aromatic heterocycles. The fourth-order valence-electron chi connectivity index (χ4n) is 3.04. The predicted octanol–water partition coefficient (Wildman–Crippen LogP) is 0.935. The number of carboxylic acids is 1. The van der Waals surface area contributed by atoms with Gasteiger partial charge in [-0.25, -0.2) is 4.39 Å². The Morgan fingerprint density at radius 1 is 1.43 bits per heavy atom. The van der Waals surface area contributed by atoms with E-state index in [-0.39, 0.29) is 17.5 Å². The van der Waals surface area contributed by atoms with E-state index in [0.29, 0.717) is 30.6 Å². The third-order valence-electron chi connectivity index (χ3n) is 4.25. The lowest BCUT2D eigenvalue weighted by atomic mass is 9.94. The molecular weight excluding hydrogens is 303 g/mol. The molecule has 3 N–H and O–H groups in total. The van der Waals surface area contributed by atoms with Crippen molar-refractivity contribution >= 4 is 16.9 Å². The van der Waals surface area contributed by atoms with Crippen LogP contribution in [0.4, 0.5) is 4.39 Å². The lowest BCUT2D eigenvalue weighted by Gasteiger charge is -2.33. The normalized spacial score (nSPS) is 22.3. The second-order valence-electron chi connectivity index (χ2n) is 5.86. The molecule has 122 valence electrons. The number of H-pyrrole nitrogens is 1. The van der Waals surface area contributed by atoms with Crippen molar-refractivity contribution < 1.29 is 19.4 Å². The molecule has 6 nitrogen and oxygen atoms in total. The van der Waals surface area contributed by atoms with Gasteiger partial charge in [-0.05, 0) is 25.1 Å². The molecule has 0 unspecified atom stereocenters. The van der Waals surface area contributed by atoms with Crippen molar-refractivity contribution in [3.05, 3.63) is 46.0 Å². The molecule has 0 amide bonds. The number of hydrogen-bond donors (Lipinski definition) is 3. The number of pyridine rings is 1. The number of piperidine rings is 1. The summed E-state index contributed by atoms with van der Waals surface area (Å²) in [5.41, 5.74) is 0.429. The quantitative estimate of drug-likeness (QED) is 0.782. The fraction of sp³-hybridized carbons (Fsp3) is 0.375. The van der Waals surface area contributed by atoms with Gasteiger partial charge in [0, 0.05) is 30.2 Å². The molecule has 23 heavy (non-hydrogen) atoms. The summed E-state index contributed by atoms with van der Waals surface area (Å²) in [6, 6.07) is 5.74. The summed E-state index contributed by atoms with van der Waals surface area (Å²) in [7, 11) is 0. The van der Waals surface area contributed by atoms with Gasteiger partial charge in [-0.1, -0.05) is 6.07 Å². The molecule has 0 saturated carbocycles. The van der Waals surface area contributed by atoms with Crippen molar-refractivity contribution in [1.29, 1.82) is 0 Å². The number of aliphatic hydroxyl groups is 1. The summed E-state index contributed by atoms with van der Waals surface area (Å²) in [5.74, 6) is -2.26. The van der Waals surface area contributed by atoms with Gasteiger partial charge in [-0.3, -0.25) is 14.5 Å². The van der Waals surface area contributed by atoms with Crippen molar-refractivity contribution in [2.75, 3.05) is 13.1 Å². The monoisotopic (exact) mass is 320 g/mol. The van der Waals surface area contributed by atoms with Crippen LogP contribution in [0.2, 0.25) is 0 Å². The number of hydrogen-bond acceptors (Lipinski definition) is 4. The van der Waals surface area contributed by atoms with Crippen molar-refractivity contribution in [3.63, 3.8) is 0 Å². The van der Waals surface area contributed by atoms with Gasteiger partial charge in [-0.2, -0.15) is 0 Å². The van der Waals surface area contributed by atoms with Crippen LogP contribution in [-0.4, -0.2) is 45.3 Å². The zero-order valence-corrected chi connectivity index (χ0v) is 12.3. The van der Waals surface area contributed by atoms with Crippen LogP contribution >= 0.6 is 0 Å². The highest BCUT2D eigenvalue weighted by Crippen LogP contribution is 2.20. The summed E-state index contributed by atoms with van der Waals surface area (Å²) in [4.78, 5) is 27.8. The average Bonchev–Trinajstić information content (AvgIpc) is 2.48. The van der Waals surface area contributed by atoms with Crippen molar-refractivity contribution in [3.8, 4) is 0 Å². The van der Waals surface area contributed by atoms with Crippen LogP contribution in [0.5, 0.6) is 0 Å². The van der Waals surface area contributed by atoms with Crippen LogP contribution in [0, 0.1) is 11.7 Å². The van der Waals surface area contributed by atoms with Crippen LogP contribution in [0.15, 0.2) is 29.1 Å². The molecule has 2 atom stereocenters. The Hall–Kier alpha value is -2.25. The Morgan fingerprint density at radius 3 is 2.91 bits per heavy atom. The number of nitrogens with zero attached hydrogens (tertiary/aromatic N) is 1. The molecule has 1 aliphatic rings. The number of carbonyl (C=O) groups is 1. The molecule has 0 radical (unpaired) electrons. The molecule has 1 aromatic carbocycles. The molecule has 0 aliphatic carbocycles. The molecule has 0 bridgehead atoms. The minimum absolute atomic E-state index is 0.163. The third kappa shape index (κ3) is 3.11. The van der Waals surface area contributed by atoms with Gasteiger partial charge in [0.25, 0.3) is 0 Å². The summed E-state index contributed by atoms with van der Waals surface area (Å²) < 4.78 is 13.8. The van der Waals surface area contributed by atoms with E-state index in [1.807, 2.05) is 4.90 Å². The zero-order chi connectivity index (χ0) is 16.6. The first-order valence-corrected chi connectivity index (χ1v) is 7.39. The summed E-state index contributed by atoms with van der Waals surface area (Å²) in [6.07, 6.45) is -0.618. The van der Waals surface area contributed by atoms with Crippen LogP contribution in [0.25, 0.3) is 10.9 Å². The summed E-state index contributed by atoms with van der Waals surface area (Å²) >= 11 is 0. The van der Waals surface area contributed by atoms with Gasteiger partial charge in [0.1, 0.15) is 5.82 Å². The first kappa shape index (κ1) is 15.6. The smallest absolute Gasteiger partial charge is 0.309 e. The molecule has 0 spiro atoms. The number of para-hydroxylation sites is 1. The third-order valence-corrected chi connectivity index (χ3v) is 4.25. The summed E-state index contributed by atoms with van der Waals surface area (Å²) in [5, 5.41) is 19.2. The Balaban J connectivity index is 1.81. The number of carboxylic acid groups (broad SMARTS) is 1. The highest BCUT2D eigenvalue weighted by molar-refractivity contribution is 5.78. The maximum atomic E-state index is 13.8. The number of aliphatic carboxylic acids is 1. The number of aromatic amines is 1. The maximum absolute atomic E-state index is 13.8. The van der Waals surface area contributed by atoms with E-state index >= 15 is 0 Å². The minimum Gasteiger partial charge on any atom is -0.481 e. The van der Waals surface area contributed by atoms with E-state index in [4.69, 9.17) is 5.11 Å². The molecule has 3 rings (SSSR count). The molecular formula is C16H17FN2O4. The van der Waals surface area contributed by atoms with E-state index in [1.54, 1.807) is 6.07 Å². The molecule has 7 heteroatoms. The van der Waals surface area contributed by atoms with Gasteiger partial charge < -0.3 is 15.2 Å². The molecule has 2 heterocycles. The Kier molecular flexibility index (Phi) is 4.14. The van der Waals surface area contributed by atoms with Crippen LogP contribution in [0.1, 0.15) is 12.1 Å². The van der Waals surface area contributed by atoms with E-state index in [1.165, 1.54) is 18.2 Å². The number of aliphatic hydroxyl groups excluding tert-OH is 1. The minimum atomic E-state index is -1.00. The zero-order valence-electron chi connectivity index (χ0n) is 12.3. The van der Waals surface area contributed by atoms with E-state index < -0.39 is 23.8 Å². The van der Waals surface area contributed by atoms with Gasteiger partial charge in [0.15, 0.2) is 5.43 Å². The number of nitrogens with one attached hydrogen (secondary N) is 1. The van der Waals surface area contributed by atoms with Crippen LogP contribution < -0.4 is 5.43 Å². The van der Waals surface area contributed by atoms with Crippen molar-refractivity contribution in [2.45, 2.75) is 19.1 Å².